The number of pyridine rings is 1. The molecule has 0 saturated carbocycles. The number of nitrogens with one attached hydrogen (secondary N) is 1. The van der Waals surface area contributed by atoms with Crippen LogP contribution in [0.4, 0.5) is 0 Å². The summed E-state index contributed by atoms with van der Waals surface area (Å²) >= 11 is 0. The molecule has 0 bridgehead atoms. The Labute approximate surface area is 138 Å². The topological polar surface area (TPSA) is 42.7 Å². The first-order valence-corrected chi connectivity index (χ1v) is 6.98. The Hall–Kier alpha value is -1.10. The molecule has 0 aromatic carbocycles. The molecule has 2 aromatic rings. The Morgan fingerprint density at radius 2 is 2.00 bits per heavy atom. The maximum atomic E-state index is 4.56. The number of aryl methyl sites for hydroxylation is 1. The summed E-state index contributed by atoms with van der Waals surface area (Å²) in [5, 5.41) is 3.42. The van der Waals surface area contributed by atoms with Gasteiger partial charge in [-0.3, -0.25) is 4.98 Å². The van der Waals surface area contributed by atoms with Crippen LogP contribution in [0.5, 0.6) is 0 Å². The van der Waals surface area contributed by atoms with Crippen LogP contribution in [-0.2, 0) is 6.54 Å². The lowest BCUT2D eigenvalue weighted by Gasteiger charge is -2.24. The average Bonchev–Trinajstić information content (AvgIpc) is 2.82. The molecule has 1 aliphatic heterocycles. The van der Waals surface area contributed by atoms with E-state index in [-0.39, 0.29) is 24.8 Å². The number of rotatable bonds is 3. The third-order valence-electron chi connectivity index (χ3n) is 3.87. The predicted octanol–water partition coefficient (Wildman–Crippen LogP) is 3.10. The van der Waals surface area contributed by atoms with E-state index in [1.165, 1.54) is 18.5 Å². The third-order valence-corrected chi connectivity index (χ3v) is 3.87. The van der Waals surface area contributed by atoms with Gasteiger partial charge in [0.05, 0.1) is 0 Å². The van der Waals surface area contributed by atoms with Gasteiger partial charge in [-0.15, -0.1) is 24.8 Å². The third kappa shape index (κ3) is 4.19. The Morgan fingerprint density at radius 3 is 2.67 bits per heavy atom. The van der Waals surface area contributed by atoms with E-state index >= 15 is 0 Å². The molecule has 4 nitrogen and oxygen atoms in total. The molecule has 0 atom stereocenters. The van der Waals surface area contributed by atoms with Crippen LogP contribution in [0.25, 0.3) is 11.4 Å². The van der Waals surface area contributed by atoms with E-state index in [1.807, 2.05) is 18.5 Å². The number of nitrogens with zero attached hydrogens (tertiary/aromatic N) is 3. The van der Waals surface area contributed by atoms with Crippen LogP contribution in [0.3, 0.4) is 0 Å². The van der Waals surface area contributed by atoms with Gasteiger partial charge < -0.3 is 9.88 Å². The zero-order chi connectivity index (χ0) is 13.1. The van der Waals surface area contributed by atoms with Crippen LogP contribution in [0.15, 0.2) is 30.7 Å². The fourth-order valence-corrected chi connectivity index (χ4v) is 2.74. The molecule has 0 amide bonds. The molecule has 116 valence electrons. The lowest BCUT2D eigenvalue weighted by Crippen LogP contribution is -2.30. The van der Waals surface area contributed by atoms with Crippen molar-refractivity contribution in [1.29, 1.82) is 0 Å². The summed E-state index contributed by atoms with van der Waals surface area (Å²) < 4.78 is 2.34. The summed E-state index contributed by atoms with van der Waals surface area (Å²) in [6, 6.07) is 4.04. The fraction of sp³-hybridized carbons (Fsp3) is 0.467. The van der Waals surface area contributed by atoms with Gasteiger partial charge in [0.1, 0.15) is 5.82 Å². The van der Waals surface area contributed by atoms with E-state index in [0.29, 0.717) is 0 Å². The molecule has 6 heteroatoms. The highest BCUT2D eigenvalue weighted by atomic mass is 35.5. The lowest BCUT2D eigenvalue weighted by atomic mass is 9.98. The highest BCUT2D eigenvalue weighted by molar-refractivity contribution is 5.85. The van der Waals surface area contributed by atoms with Gasteiger partial charge in [-0.2, -0.15) is 0 Å². The first-order chi connectivity index (χ1) is 9.34. The second-order valence-electron chi connectivity index (χ2n) is 5.27. The average molecular weight is 329 g/mol. The molecule has 0 radical (unpaired) electrons. The molecule has 0 unspecified atom stereocenters. The predicted molar refractivity (Wildman–Crippen MR) is 90.3 cm³/mol. The molecular formula is C15H22Cl2N4. The molecule has 2 aromatic heterocycles. The van der Waals surface area contributed by atoms with Crippen molar-refractivity contribution < 1.29 is 0 Å². The summed E-state index contributed by atoms with van der Waals surface area (Å²) in [6.45, 7) is 5.48. The summed E-state index contributed by atoms with van der Waals surface area (Å²) in [4.78, 5) is 8.75. The minimum Gasteiger partial charge on any atom is -0.328 e. The van der Waals surface area contributed by atoms with Gasteiger partial charge in [-0.05, 0) is 50.9 Å². The first-order valence-electron chi connectivity index (χ1n) is 6.98. The van der Waals surface area contributed by atoms with E-state index in [9.17, 15) is 0 Å². The van der Waals surface area contributed by atoms with Crippen molar-refractivity contribution in [2.24, 2.45) is 5.92 Å². The van der Waals surface area contributed by atoms with Gasteiger partial charge in [0, 0.05) is 36.4 Å². The van der Waals surface area contributed by atoms with Gasteiger partial charge >= 0.3 is 0 Å². The summed E-state index contributed by atoms with van der Waals surface area (Å²) in [7, 11) is 0. The molecule has 1 saturated heterocycles. The summed E-state index contributed by atoms with van der Waals surface area (Å²) in [6.07, 6.45) is 8.16. The zero-order valence-corrected chi connectivity index (χ0v) is 13.8. The molecule has 3 rings (SSSR count). The van der Waals surface area contributed by atoms with Crippen molar-refractivity contribution in [2.45, 2.75) is 26.3 Å². The second kappa shape index (κ2) is 8.37. The van der Waals surface area contributed by atoms with Crippen molar-refractivity contribution in [3.63, 3.8) is 0 Å². The monoisotopic (exact) mass is 328 g/mol. The molecule has 0 aliphatic carbocycles. The number of piperidine rings is 1. The molecule has 0 spiro atoms. The standard InChI is InChI=1S/C15H20N4.2ClH/c1-12-9-18-15(14-3-2-6-17-10-14)19(12)11-13-4-7-16-8-5-13;;/h2-3,6,9-10,13,16H,4-5,7-8,11H2,1H3;2*1H. The minimum atomic E-state index is 0. The van der Waals surface area contributed by atoms with E-state index in [1.54, 1.807) is 6.20 Å². The highest BCUT2D eigenvalue weighted by Crippen LogP contribution is 2.22. The maximum Gasteiger partial charge on any atom is 0.141 e. The van der Waals surface area contributed by atoms with E-state index in [2.05, 4.69) is 32.8 Å². The zero-order valence-electron chi connectivity index (χ0n) is 12.2. The van der Waals surface area contributed by atoms with Crippen molar-refractivity contribution in [3.8, 4) is 11.4 Å². The molecule has 1 N–H and O–H groups in total. The lowest BCUT2D eigenvalue weighted by molar-refractivity contribution is 0.332. The van der Waals surface area contributed by atoms with Gasteiger partial charge in [0.25, 0.3) is 0 Å². The van der Waals surface area contributed by atoms with Gasteiger partial charge in [-0.1, -0.05) is 0 Å². The van der Waals surface area contributed by atoms with Crippen molar-refractivity contribution in [2.75, 3.05) is 13.1 Å². The first kappa shape index (κ1) is 18.0. The summed E-state index contributed by atoms with van der Waals surface area (Å²) in [5.41, 5.74) is 2.34. The molecule has 1 aliphatic rings. The van der Waals surface area contributed by atoms with Crippen LogP contribution >= 0.6 is 24.8 Å². The molecule has 1 fully saturated rings. The number of hydrogen-bond donors (Lipinski definition) is 1. The Kier molecular flexibility index (Phi) is 7.15. The van der Waals surface area contributed by atoms with Crippen LogP contribution in [0.2, 0.25) is 0 Å². The van der Waals surface area contributed by atoms with Gasteiger partial charge in [-0.25, -0.2) is 4.98 Å². The normalized spacial score (nSPS) is 15.1. The fourth-order valence-electron chi connectivity index (χ4n) is 2.74. The van der Waals surface area contributed by atoms with Gasteiger partial charge in [0.2, 0.25) is 0 Å². The van der Waals surface area contributed by atoms with E-state index < -0.39 is 0 Å². The van der Waals surface area contributed by atoms with Crippen LogP contribution in [0, 0.1) is 12.8 Å². The molecular weight excluding hydrogens is 307 g/mol. The van der Waals surface area contributed by atoms with Crippen molar-refractivity contribution in [3.05, 3.63) is 36.4 Å². The maximum absolute atomic E-state index is 4.56. The number of halogens is 2. The molecule has 21 heavy (non-hydrogen) atoms. The minimum absolute atomic E-state index is 0. The smallest absolute Gasteiger partial charge is 0.141 e. The Morgan fingerprint density at radius 1 is 1.24 bits per heavy atom. The van der Waals surface area contributed by atoms with E-state index in [0.717, 1.165) is 36.9 Å². The van der Waals surface area contributed by atoms with Crippen molar-refractivity contribution in [1.82, 2.24) is 19.9 Å². The quantitative estimate of drug-likeness (QED) is 0.941. The number of hydrogen-bond acceptors (Lipinski definition) is 3. The van der Waals surface area contributed by atoms with Crippen LogP contribution < -0.4 is 5.32 Å². The van der Waals surface area contributed by atoms with E-state index in [4.69, 9.17) is 0 Å². The Balaban J connectivity index is 0.00000110. The number of aromatic nitrogens is 3. The largest absolute Gasteiger partial charge is 0.328 e. The SMILES string of the molecule is Cc1cnc(-c2cccnc2)n1CC1CCNCC1.Cl.Cl. The van der Waals surface area contributed by atoms with Crippen molar-refractivity contribution >= 4 is 24.8 Å². The Bertz CT molecular complexity index is 536. The summed E-state index contributed by atoms with van der Waals surface area (Å²) in [5.74, 6) is 1.80. The highest BCUT2D eigenvalue weighted by Gasteiger charge is 2.17. The van der Waals surface area contributed by atoms with Crippen LogP contribution in [0.1, 0.15) is 18.5 Å². The number of imidazole rings is 1. The molecule has 3 heterocycles. The van der Waals surface area contributed by atoms with Gasteiger partial charge in [0.15, 0.2) is 0 Å². The second-order valence-corrected chi connectivity index (χ2v) is 5.27. The van der Waals surface area contributed by atoms with Crippen LogP contribution in [-0.4, -0.2) is 27.6 Å².